The van der Waals surface area contributed by atoms with Gasteiger partial charge in [0.05, 0.1) is 21.4 Å². The minimum Gasteiger partial charge on any atom is -0.456 e. The fourth-order valence-electron chi connectivity index (χ4n) is 2.05. The summed E-state index contributed by atoms with van der Waals surface area (Å²) >= 11 is 3.50. The van der Waals surface area contributed by atoms with Crippen LogP contribution in [0.4, 0.5) is 5.69 Å². The number of benzene rings is 1. The van der Waals surface area contributed by atoms with E-state index in [0.717, 1.165) is 27.8 Å². The van der Waals surface area contributed by atoms with Gasteiger partial charge in [-0.3, -0.25) is 4.68 Å². The van der Waals surface area contributed by atoms with Crippen LogP contribution < -0.4 is 5.73 Å². The molecule has 0 atom stereocenters. The maximum absolute atomic E-state index is 12.2. The number of nitrogens with zero attached hydrogens (tertiary/aromatic N) is 2. The predicted octanol–water partition coefficient (Wildman–Crippen LogP) is 2.99. The smallest absolute Gasteiger partial charge is 0.338 e. The van der Waals surface area contributed by atoms with Crippen LogP contribution in [-0.2, 0) is 24.8 Å². The van der Waals surface area contributed by atoms with E-state index in [1.54, 1.807) is 22.9 Å². The molecule has 0 aliphatic rings. The number of esters is 1. The normalized spacial score (nSPS) is 10.7. The summed E-state index contributed by atoms with van der Waals surface area (Å²) in [6.07, 6.45) is 0.816. The third-order valence-corrected chi connectivity index (χ3v) is 4.24. The highest BCUT2D eigenvalue weighted by molar-refractivity contribution is 9.10. The monoisotopic (exact) mass is 351 g/mol. The van der Waals surface area contributed by atoms with Crippen LogP contribution in [0.5, 0.6) is 0 Å². The van der Waals surface area contributed by atoms with Crippen LogP contribution in [-0.4, -0.2) is 15.7 Å². The highest BCUT2D eigenvalue weighted by atomic mass is 79.9. The van der Waals surface area contributed by atoms with Gasteiger partial charge in [0, 0.05) is 12.7 Å². The van der Waals surface area contributed by atoms with Crippen LogP contribution in [0.25, 0.3) is 0 Å². The van der Waals surface area contributed by atoms with Crippen LogP contribution >= 0.6 is 15.9 Å². The van der Waals surface area contributed by atoms with Gasteiger partial charge in [-0.05, 0) is 47.0 Å². The van der Waals surface area contributed by atoms with E-state index in [1.165, 1.54) is 0 Å². The molecule has 21 heavy (non-hydrogen) atoms. The number of aryl methyl sites for hydroxylation is 3. The molecule has 0 amide bonds. The second-order valence-electron chi connectivity index (χ2n) is 4.84. The molecule has 5 nitrogen and oxygen atoms in total. The molecule has 2 aromatic rings. The van der Waals surface area contributed by atoms with E-state index in [0.29, 0.717) is 11.3 Å². The van der Waals surface area contributed by atoms with Crippen molar-refractivity contribution in [3.8, 4) is 0 Å². The van der Waals surface area contributed by atoms with Crippen LogP contribution in [0.1, 0.15) is 34.2 Å². The van der Waals surface area contributed by atoms with Crippen molar-refractivity contribution in [2.45, 2.75) is 26.9 Å². The minimum atomic E-state index is -0.383. The Morgan fingerprint density at radius 2 is 2.19 bits per heavy atom. The summed E-state index contributed by atoms with van der Waals surface area (Å²) in [5, 5.41) is 4.37. The molecule has 112 valence electrons. The SMILES string of the molecule is CCc1nn(C)c(COC(=O)c2cc(N)ccc2C)c1Br. The van der Waals surface area contributed by atoms with Gasteiger partial charge in [0.15, 0.2) is 0 Å². The van der Waals surface area contributed by atoms with Gasteiger partial charge in [-0.2, -0.15) is 5.10 Å². The molecule has 0 fully saturated rings. The van der Waals surface area contributed by atoms with Gasteiger partial charge in [-0.25, -0.2) is 4.79 Å². The maximum atomic E-state index is 12.2. The lowest BCUT2D eigenvalue weighted by atomic mass is 10.1. The van der Waals surface area contributed by atoms with E-state index in [4.69, 9.17) is 10.5 Å². The third-order valence-electron chi connectivity index (χ3n) is 3.32. The quantitative estimate of drug-likeness (QED) is 0.678. The van der Waals surface area contributed by atoms with Crippen LogP contribution in [0.15, 0.2) is 22.7 Å². The van der Waals surface area contributed by atoms with Crippen LogP contribution in [0.3, 0.4) is 0 Å². The zero-order valence-corrected chi connectivity index (χ0v) is 13.9. The number of hydrogen-bond acceptors (Lipinski definition) is 4. The number of carbonyl (C=O) groups excluding carboxylic acids is 1. The summed E-state index contributed by atoms with van der Waals surface area (Å²) in [4.78, 5) is 12.2. The lowest BCUT2D eigenvalue weighted by Crippen LogP contribution is -2.10. The lowest BCUT2D eigenvalue weighted by Gasteiger charge is -2.08. The number of halogens is 1. The van der Waals surface area contributed by atoms with Crippen molar-refractivity contribution in [1.82, 2.24) is 9.78 Å². The molecular weight excluding hydrogens is 334 g/mol. The first-order valence-corrected chi connectivity index (χ1v) is 7.46. The van der Waals surface area contributed by atoms with Gasteiger partial charge in [0.2, 0.25) is 0 Å². The van der Waals surface area contributed by atoms with Gasteiger partial charge >= 0.3 is 5.97 Å². The predicted molar refractivity (Wildman–Crippen MR) is 85.0 cm³/mol. The number of anilines is 1. The Hall–Kier alpha value is -1.82. The highest BCUT2D eigenvalue weighted by Crippen LogP contribution is 2.23. The molecule has 0 bridgehead atoms. The number of rotatable bonds is 4. The molecule has 2 N–H and O–H groups in total. The van der Waals surface area contributed by atoms with E-state index in [9.17, 15) is 4.79 Å². The first-order valence-electron chi connectivity index (χ1n) is 6.67. The molecule has 6 heteroatoms. The number of carbonyl (C=O) groups is 1. The highest BCUT2D eigenvalue weighted by Gasteiger charge is 2.16. The topological polar surface area (TPSA) is 70.1 Å². The first-order chi connectivity index (χ1) is 9.93. The Kier molecular flexibility index (Phi) is 4.67. The van der Waals surface area contributed by atoms with Crippen molar-refractivity contribution < 1.29 is 9.53 Å². The van der Waals surface area contributed by atoms with E-state index in [-0.39, 0.29) is 12.6 Å². The summed E-state index contributed by atoms with van der Waals surface area (Å²) in [7, 11) is 1.83. The second kappa shape index (κ2) is 6.30. The summed E-state index contributed by atoms with van der Waals surface area (Å²) in [5.41, 5.74) is 9.37. The molecule has 1 aromatic carbocycles. The summed E-state index contributed by atoms with van der Waals surface area (Å²) in [6, 6.07) is 5.20. The number of nitrogen functional groups attached to an aromatic ring is 1. The summed E-state index contributed by atoms with van der Waals surface area (Å²) in [5.74, 6) is -0.383. The standard InChI is InChI=1S/C15H18BrN3O2/c1-4-12-14(16)13(19(3)18-12)8-21-15(20)11-7-10(17)6-5-9(11)2/h5-7H,4,8,17H2,1-3H3. The van der Waals surface area contributed by atoms with E-state index >= 15 is 0 Å². The third kappa shape index (κ3) is 3.26. The largest absolute Gasteiger partial charge is 0.456 e. The Bertz CT molecular complexity index is 680. The number of hydrogen-bond donors (Lipinski definition) is 1. The number of ether oxygens (including phenoxy) is 1. The van der Waals surface area contributed by atoms with Crippen molar-refractivity contribution in [3.63, 3.8) is 0 Å². The molecule has 0 aliphatic heterocycles. The van der Waals surface area contributed by atoms with Crippen molar-refractivity contribution in [1.29, 1.82) is 0 Å². The van der Waals surface area contributed by atoms with Gasteiger partial charge in [0.25, 0.3) is 0 Å². The average Bonchev–Trinajstić information content (AvgIpc) is 2.73. The second-order valence-corrected chi connectivity index (χ2v) is 5.63. The van der Waals surface area contributed by atoms with Crippen LogP contribution in [0, 0.1) is 6.92 Å². The van der Waals surface area contributed by atoms with Gasteiger partial charge < -0.3 is 10.5 Å². The zero-order chi connectivity index (χ0) is 15.6. The molecule has 0 spiro atoms. The van der Waals surface area contributed by atoms with E-state index < -0.39 is 0 Å². The molecule has 1 heterocycles. The molecule has 0 saturated carbocycles. The molecule has 0 radical (unpaired) electrons. The van der Waals surface area contributed by atoms with Gasteiger partial charge in [0.1, 0.15) is 6.61 Å². The summed E-state index contributed by atoms with van der Waals surface area (Å²) < 4.78 is 8.00. The molecule has 0 aliphatic carbocycles. The van der Waals surface area contributed by atoms with Crippen molar-refractivity contribution >= 4 is 27.6 Å². The van der Waals surface area contributed by atoms with Gasteiger partial charge in [-0.1, -0.05) is 13.0 Å². The Morgan fingerprint density at radius 1 is 1.48 bits per heavy atom. The van der Waals surface area contributed by atoms with E-state index in [1.807, 2.05) is 20.9 Å². The Labute approximate surface area is 132 Å². The first kappa shape index (κ1) is 15.6. The molecule has 1 aromatic heterocycles. The zero-order valence-electron chi connectivity index (χ0n) is 12.3. The number of aromatic nitrogens is 2. The maximum Gasteiger partial charge on any atom is 0.338 e. The molecule has 2 rings (SSSR count). The van der Waals surface area contributed by atoms with Gasteiger partial charge in [-0.15, -0.1) is 0 Å². The molecular formula is C15H18BrN3O2. The molecule has 0 unspecified atom stereocenters. The van der Waals surface area contributed by atoms with E-state index in [2.05, 4.69) is 21.0 Å². The fraction of sp³-hybridized carbons (Fsp3) is 0.333. The minimum absolute atomic E-state index is 0.164. The van der Waals surface area contributed by atoms with Crippen molar-refractivity contribution in [3.05, 3.63) is 45.2 Å². The van der Waals surface area contributed by atoms with Crippen molar-refractivity contribution in [2.75, 3.05) is 5.73 Å². The molecule has 0 saturated heterocycles. The number of nitrogens with two attached hydrogens (primary N) is 1. The van der Waals surface area contributed by atoms with Crippen LogP contribution in [0.2, 0.25) is 0 Å². The van der Waals surface area contributed by atoms with Crippen molar-refractivity contribution in [2.24, 2.45) is 7.05 Å². The fourth-order valence-corrected chi connectivity index (χ4v) is 2.78. The lowest BCUT2D eigenvalue weighted by molar-refractivity contribution is 0.0462. The summed E-state index contributed by atoms with van der Waals surface area (Å²) in [6.45, 7) is 4.04. The Balaban J connectivity index is 2.15. The average molecular weight is 352 g/mol. The Morgan fingerprint density at radius 3 is 2.81 bits per heavy atom.